The largest absolute Gasteiger partial charge is 0.338 e. The summed E-state index contributed by atoms with van der Waals surface area (Å²) in [5.74, 6) is 0.114. The molecule has 4 rings (SSSR count). The van der Waals surface area contributed by atoms with Gasteiger partial charge in [0.25, 0.3) is 0 Å². The van der Waals surface area contributed by atoms with Crippen molar-refractivity contribution < 1.29 is 9.18 Å². The van der Waals surface area contributed by atoms with Gasteiger partial charge < -0.3 is 4.90 Å². The number of amides is 1. The van der Waals surface area contributed by atoms with E-state index in [1.54, 1.807) is 12.3 Å². The van der Waals surface area contributed by atoms with Gasteiger partial charge in [0, 0.05) is 44.0 Å². The standard InChI is InChI=1S/C21H24FN3O/c22-19-6-2-1-5-18(19)15-24-10-7-21(8-11-24)12-20(26)25(16-21)14-17-4-3-9-23-13-17/h1-6,9,13H,7-8,10-12,14-16H2. The summed E-state index contributed by atoms with van der Waals surface area (Å²) in [6.07, 6.45) is 6.21. The maximum atomic E-state index is 13.9. The molecule has 0 radical (unpaired) electrons. The van der Waals surface area contributed by atoms with Crippen molar-refractivity contribution in [2.24, 2.45) is 5.41 Å². The van der Waals surface area contributed by atoms with E-state index in [0.29, 0.717) is 19.5 Å². The second-order valence-electron chi connectivity index (χ2n) is 7.66. The van der Waals surface area contributed by atoms with Crippen LogP contribution in [0.1, 0.15) is 30.4 Å². The van der Waals surface area contributed by atoms with E-state index in [0.717, 1.165) is 43.6 Å². The van der Waals surface area contributed by atoms with Crippen molar-refractivity contribution in [3.63, 3.8) is 0 Å². The Morgan fingerprint density at radius 3 is 2.62 bits per heavy atom. The fourth-order valence-electron chi connectivity index (χ4n) is 4.23. The highest BCUT2D eigenvalue weighted by Gasteiger charge is 2.44. The quantitative estimate of drug-likeness (QED) is 0.847. The first-order valence-electron chi connectivity index (χ1n) is 9.26. The molecule has 0 saturated carbocycles. The van der Waals surface area contributed by atoms with Crippen molar-refractivity contribution >= 4 is 5.91 Å². The maximum Gasteiger partial charge on any atom is 0.223 e. The number of carbonyl (C=O) groups is 1. The van der Waals surface area contributed by atoms with Crippen LogP contribution in [0, 0.1) is 11.2 Å². The third kappa shape index (κ3) is 3.63. The van der Waals surface area contributed by atoms with Crippen LogP contribution in [0.15, 0.2) is 48.8 Å². The minimum Gasteiger partial charge on any atom is -0.338 e. The van der Waals surface area contributed by atoms with E-state index in [4.69, 9.17) is 0 Å². The molecule has 1 aromatic carbocycles. The summed E-state index contributed by atoms with van der Waals surface area (Å²) in [6.45, 7) is 3.96. The van der Waals surface area contributed by atoms with Crippen LogP contribution in [0.4, 0.5) is 4.39 Å². The van der Waals surface area contributed by atoms with Crippen LogP contribution in [0.2, 0.25) is 0 Å². The minimum absolute atomic E-state index is 0.0883. The number of halogens is 1. The zero-order valence-electron chi connectivity index (χ0n) is 14.9. The molecule has 2 saturated heterocycles. The van der Waals surface area contributed by atoms with Crippen LogP contribution in [0.25, 0.3) is 0 Å². The predicted molar refractivity (Wildman–Crippen MR) is 97.6 cm³/mol. The summed E-state index contributed by atoms with van der Waals surface area (Å²) in [5, 5.41) is 0. The van der Waals surface area contributed by atoms with Crippen molar-refractivity contribution in [3.8, 4) is 0 Å². The van der Waals surface area contributed by atoms with Crippen LogP contribution in [-0.2, 0) is 17.9 Å². The highest BCUT2D eigenvalue weighted by molar-refractivity contribution is 5.79. The molecule has 0 aliphatic carbocycles. The summed E-state index contributed by atoms with van der Waals surface area (Å²) in [5.41, 5.74) is 1.92. The first kappa shape index (κ1) is 17.2. The molecule has 136 valence electrons. The Hall–Kier alpha value is -2.27. The molecular weight excluding hydrogens is 329 g/mol. The van der Waals surface area contributed by atoms with Gasteiger partial charge in [0.2, 0.25) is 5.91 Å². The van der Waals surface area contributed by atoms with Crippen molar-refractivity contribution in [2.75, 3.05) is 19.6 Å². The average molecular weight is 353 g/mol. The van der Waals surface area contributed by atoms with Gasteiger partial charge in [-0.05, 0) is 49.0 Å². The molecule has 2 aliphatic heterocycles. The van der Waals surface area contributed by atoms with E-state index in [9.17, 15) is 9.18 Å². The minimum atomic E-state index is -0.133. The lowest BCUT2D eigenvalue weighted by Gasteiger charge is -2.38. The monoisotopic (exact) mass is 353 g/mol. The number of hydrogen-bond acceptors (Lipinski definition) is 3. The van der Waals surface area contributed by atoms with E-state index in [1.165, 1.54) is 6.07 Å². The fraction of sp³-hybridized carbons (Fsp3) is 0.429. The summed E-state index contributed by atoms with van der Waals surface area (Å²) < 4.78 is 13.9. The highest BCUT2D eigenvalue weighted by Crippen LogP contribution is 2.41. The number of nitrogens with zero attached hydrogens (tertiary/aromatic N) is 3. The number of likely N-dealkylation sites (tertiary alicyclic amines) is 2. The first-order valence-corrected chi connectivity index (χ1v) is 9.26. The molecule has 0 N–H and O–H groups in total. The van der Waals surface area contributed by atoms with Gasteiger partial charge in [-0.1, -0.05) is 24.3 Å². The average Bonchev–Trinajstić information content (AvgIpc) is 2.95. The second kappa shape index (κ2) is 7.16. The second-order valence-corrected chi connectivity index (χ2v) is 7.66. The van der Waals surface area contributed by atoms with Crippen molar-refractivity contribution in [3.05, 3.63) is 65.7 Å². The molecule has 0 bridgehead atoms. The molecule has 1 aromatic heterocycles. The van der Waals surface area contributed by atoms with Gasteiger partial charge >= 0.3 is 0 Å². The molecule has 1 spiro atoms. The number of rotatable bonds is 4. The molecule has 0 atom stereocenters. The van der Waals surface area contributed by atoms with E-state index in [1.807, 2.05) is 35.4 Å². The molecule has 2 fully saturated rings. The zero-order chi connectivity index (χ0) is 18.0. The molecule has 0 unspecified atom stereocenters. The summed E-state index contributed by atoms with van der Waals surface area (Å²) in [4.78, 5) is 20.9. The lowest BCUT2D eigenvalue weighted by molar-refractivity contribution is -0.128. The summed E-state index contributed by atoms with van der Waals surface area (Å²) in [7, 11) is 0. The smallest absolute Gasteiger partial charge is 0.223 e. The van der Waals surface area contributed by atoms with Gasteiger partial charge in [0.05, 0.1) is 0 Å². The van der Waals surface area contributed by atoms with Gasteiger partial charge in [0.15, 0.2) is 0 Å². The molecule has 1 amide bonds. The van der Waals surface area contributed by atoms with Crippen molar-refractivity contribution in [1.29, 1.82) is 0 Å². The van der Waals surface area contributed by atoms with Gasteiger partial charge in [-0.25, -0.2) is 4.39 Å². The number of piperidine rings is 1. The van der Waals surface area contributed by atoms with Gasteiger partial charge in [0.1, 0.15) is 5.82 Å². The van der Waals surface area contributed by atoms with E-state index < -0.39 is 0 Å². The van der Waals surface area contributed by atoms with Crippen LogP contribution < -0.4 is 0 Å². The summed E-state index contributed by atoms with van der Waals surface area (Å²) >= 11 is 0. The summed E-state index contributed by atoms with van der Waals surface area (Å²) in [6, 6.07) is 10.9. The number of hydrogen-bond donors (Lipinski definition) is 0. The van der Waals surface area contributed by atoms with E-state index >= 15 is 0 Å². The highest BCUT2D eigenvalue weighted by atomic mass is 19.1. The Bertz CT molecular complexity index is 772. The Kier molecular flexibility index (Phi) is 4.72. The number of pyridine rings is 1. The van der Waals surface area contributed by atoms with E-state index in [-0.39, 0.29) is 17.1 Å². The maximum absolute atomic E-state index is 13.9. The fourth-order valence-corrected chi connectivity index (χ4v) is 4.23. The SMILES string of the molecule is O=C1CC2(CCN(Cc3ccccc3F)CC2)CN1Cc1cccnc1. The molecule has 4 nitrogen and oxygen atoms in total. The van der Waals surface area contributed by atoms with Crippen LogP contribution in [-0.4, -0.2) is 40.3 Å². The van der Waals surface area contributed by atoms with Crippen LogP contribution in [0.3, 0.4) is 0 Å². The third-order valence-electron chi connectivity index (χ3n) is 5.77. The Balaban J connectivity index is 1.35. The zero-order valence-corrected chi connectivity index (χ0v) is 14.9. The van der Waals surface area contributed by atoms with Crippen molar-refractivity contribution in [2.45, 2.75) is 32.4 Å². The predicted octanol–water partition coefficient (Wildman–Crippen LogP) is 3.24. The number of carbonyl (C=O) groups excluding carboxylic acids is 1. The van der Waals surface area contributed by atoms with Crippen molar-refractivity contribution in [1.82, 2.24) is 14.8 Å². The van der Waals surface area contributed by atoms with E-state index in [2.05, 4.69) is 9.88 Å². The normalized spacial score (nSPS) is 20.0. The molecule has 3 heterocycles. The van der Waals surface area contributed by atoms with Gasteiger partial charge in [-0.2, -0.15) is 0 Å². The first-order chi connectivity index (χ1) is 12.6. The third-order valence-corrected chi connectivity index (χ3v) is 5.77. The molecular formula is C21H24FN3O. The number of aromatic nitrogens is 1. The lowest BCUT2D eigenvalue weighted by atomic mass is 9.77. The molecule has 26 heavy (non-hydrogen) atoms. The Labute approximate surface area is 153 Å². The van der Waals surface area contributed by atoms with Gasteiger partial charge in [-0.15, -0.1) is 0 Å². The lowest BCUT2D eigenvalue weighted by Crippen LogP contribution is -2.41. The molecule has 2 aromatic rings. The Morgan fingerprint density at radius 1 is 1.08 bits per heavy atom. The van der Waals surface area contributed by atoms with Crippen LogP contribution in [0.5, 0.6) is 0 Å². The number of benzene rings is 1. The topological polar surface area (TPSA) is 36.4 Å². The Morgan fingerprint density at radius 2 is 1.88 bits per heavy atom. The van der Waals surface area contributed by atoms with Gasteiger partial charge in [-0.3, -0.25) is 14.7 Å². The molecule has 2 aliphatic rings. The van der Waals surface area contributed by atoms with Crippen LogP contribution >= 0.6 is 0 Å². The molecule has 5 heteroatoms.